The number of ether oxygens (including phenoxy) is 1. The van der Waals surface area contributed by atoms with Gasteiger partial charge in [-0.05, 0) is 59.5 Å². The van der Waals surface area contributed by atoms with Crippen LogP contribution in [0, 0.1) is 5.82 Å². The molecule has 3 aromatic carbocycles. The molecule has 13 heteroatoms. The predicted molar refractivity (Wildman–Crippen MR) is 164 cm³/mol. The fourth-order valence-electron chi connectivity index (χ4n) is 4.58. The zero-order valence-corrected chi connectivity index (χ0v) is 24.8. The highest BCUT2D eigenvalue weighted by Gasteiger charge is 2.31. The van der Waals surface area contributed by atoms with E-state index in [4.69, 9.17) is 0 Å². The van der Waals surface area contributed by atoms with Gasteiger partial charge in [0.1, 0.15) is 17.9 Å². The van der Waals surface area contributed by atoms with E-state index in [1.807, 2.05) is 49.9 Å². The van der Waals surface area contributed by atoms with E-state index in [1.165, 1.54) is 59.2 Å². The van der Waals surface area contributed by atoms with Gasteiger partial charge in [-0.25, -0.2) is 23.8 Å². The maximum absolute atomic E-state index is 13.9. The third kappa shape index (κ3) is 7.51. The second-order valence-electron chi connectivity index (χ2n) is 10.3. The molecule has 1 unspecified atom stereocenters. The quantitative estimate of drug-likeness (QED) is 0.153. The third-order valence-electron chi connectivity index (χ3n) is 6.80. The molecule has 0 spiro atoms. The largest absolute Gasteiger partial charge is 0.573 e. The molecule has 228 valence electrons. The average Bonchev–Trinajstić information content (AvgIpc) is 3.66. The lowest BCUT2D eigenvalue weighted by Gasteiger charge is -2.23. The van der Waals surface area contributed by atoms with Gasteiger partial charge in [0.25, 0.3) is 0 Å². The van der Waals surface area contributed by atoms with Crippen LogP contribution in [-0.2, 0) is 0 Å². The summed E-state index contributed by atoms with van der Waals surface area (Å²) >= 11 is 1.46. The number of amides is 2. The van der Waals surface area contributed by atoms with Gasteiger partial charge in [-0.1, -0.05) is 56.8 Å². The van der Waals surface area contributed by atoms with Gasteiger partial charge in [0.15, 0.2) is 11.0 Å². The normalized spacial score (nSPS) is 15.5. The smallest absolute Gasteiger partial charge is 0.406 e. The molecular formula is C31H28F4N6O2S. The minimum atomic E-state index is -4.76. The molecular weight excluding hydrogens is 596 g/mol. The molecule has 0 aliphatic carbocycles. The van der Waals surface area contributed by atoms with Crippen molar-refractivity contribution >= 4 is 34.9 Å². The van der Waals surface area contributed by atoms with Crippen molar-refractivity contribution < 1.29 is 27.1 Å². The molecule has 2 amide bonds. The van der Waals surface area contributed by atoms with Crippen molar-refractivity contribution in [1.29, 1.82) is 0 Å². The number of halogens is 4. The Balaban J connectivity index is 1.23. The summed E-state index contributed by atoms with van der Waals surface area (Å²) in [6.07, 6.45) is -1.75. The molecule has 8 nitrogen and oxygen atoms in total. The van der Waals surface area contributed by atoms with Gasteiger partial charge in [0.2, 0.25) is 0 Å². The number of urea groups is 1. The van der Waals surface area contributed by atoms with Gasteiger partial charge < -0.3 is 9.64 Å². The molecule has 0 bridgehead atoms. The summed E-state index contributed by atoms with van der Waals surface area (Å²) in [4.78, 5) is 27.2. The van der Waals surface area contributed by atoms with Crippen LogP contribution in [0.2, 0.25) is 0 Å². The van der Waals surface area contributed by atoms with Gasteiger partial charge in [0.05, 0.1) is 5.69 Å². The van der Waals surface area contributed by atoms with Crippen molar-refractivity contribution in [3.8, 4) is 22.8 Å². The second-order valence-corrected chi connectivity index (χ2v) is 11.3. The van der Waals surface area contributed by atoms with Crippen LogP contribution in [0.3, 0.4) is 0 Å². The number of carbonyl (C=O) groups is 1. The highest BCUT2D eigenvalue weighted by molar-refractivity contribution is 8.14. The summed E-state index contributed by atoms with van der Waals surface area (Å²) in [7, 11) is 0. The van der Waals surface area contributed by atoms with Crippen molar-refractivity contribution in [2.75, 3.05) is 17.2 Å². The molecule has 1 atom stereocenters. The molecule has 0 radical (unpaired) electrons. The molecule has 44 heavy (non-hydrogen) atoms. The first-order valence-corrected chi connectivity index (χ1v) is 14.7. The maximum atomic E-state index is 13.9. The second kappa shape index (κ2) is 13.0. The summed E-state index contributed by atoms with van der Waals surface area (Å²) in [5.41, 5.74) is 3.84. The van der Waals surface area contributed by atoms with Gasteiger partial charge in [-0.2, -0.15) is 4.99 Å². The number of hydrogen-bond acceptors (Lipinski definition) is 5. The Morgan fingerprint density at radius 2 is 1.77 bits per heavy atom. The summed E-state index contributed by atoms with van der Waals surface area (Å²) in [6.45, 7) is 6.55. The van der Waals surface area contributed by atoms with Crippen molar-refractivity contribution in [1.82, 2.24) is 14.8 Å². The number of carbonyl (C=O) groups excluding carboxylic acids is 1. The molecule has 0 saturated carbocycles. The van der Waals surface area contributed by atoms with E-state index in [2.05, 4.69) is 24.8 Å². The number of amidine groups is 1. The molecule has 1 fully saturated rings. The van der Waals surface area contributed by atoms with Crippen LogP contribution < -0.4 is 9.64 Å². The van der Waals surface area contributed by atoms with Crippen LogP contribution in [0.5, 0.6) is 5.75 Å². The Hall–Kier alpha value is -4.52. The minimum Gasteiger partial charge on any atom is -0.406 e. The van der Waals surface area contributed by atoms with Crippen LogP contribution in [-0.4, -0.2) is 50.8 Å². The third-order valence-corrected chi connectivity index (χ3v) is 7.76. The van der Waals surface area contributed by atoms with Gasteiger partial charge in [-0.3, -0.25) is 0 Å². The predicted octanol–water partition coefficient (Wildman–Crippen LogP) is 8.00. The van der Waals surface area contributed by atoms with Crippen molar-refractivity contribution in [3.05, 3.63) is 90.0 Å². The lowest BCUT2D eigenvalue weighted by Crippen LogP contribution is -2.25. The number of thioether (sulfide) groups is 1. The summed E-state index contributed by atoms with van der Waals surface area (Å²) < 4.78 is 56.4. The molecule has 0 N–H and O–H groups in total. The van der Waals surface area contributed by atoms with Gasteiger partial charge in [0, 0.05) is 35.7 Å². The first-order valence-electron chi connectivity index (χ1n) is 13.7. The standard InChI is InChI=1S/C31H28F4N6O2S/c1-19(2)26-16-23(32)8-13-27(26)40-14-15-44-30(40)38-29(42)36-17-20(3)21-4-6-22(7-5-21)28-37-18-41(39-28)24-9-11-25(12-10-24)43-31(33,34)35/h4-13,16-20H,14-15H2,1-3H3. The number of rotatable bonds is 7. The molecule has 1 saturated heterocycles. The zero-order chi connectivity index (χ0) is 31.4. The van der Waals surface area contributed by atoms with Crippen molar-refractivity contribution in [2.45, 2.75) is 39.0 Å². The van der Waals surface area contributed by atoms with E-state index in [-0.39, 0.29) is 23.4 Å². The van der Waals surface area contributed by atoms with E-state index >= 15 is 0 Å². The van der Waals surface area contributed by atoms with E-state index in [1.54, 1.807) is 12.3 Å². The monoisotopic (exact) mass is 624 g/mol. The number of nitrogens with zero attached hydrogens (tertiary/aromatic N) is 6. The Morgan fingerprint density at radius 3 is 2.45 bits per heavy atom. The zero-order valence-electron chi connectivity index (χ0n) is 24.0. The van der Waals surface area contributed by atoms with Crippen LogP contribution >= 0.6 is 11.8 Å². The number of alkyl halides is 3. The molecule has 5 rings (SSSR count). The number of hydrogen-bond donors (Lipinski definition) is 0. The number of anilines is 1. The molecule has 2 heterocycles. The number of aromatic nitrogens is 3. The highest BCUT2D eigenvalue weighted by Crippen LogP contribution is 2.33. The Labute approximate surface area is 255 Å². The topological polar surface area (TPSA) is 85.0 Å². The first kappa shape index (κ1) is 30.9. The van der Waals surface area contributed by atoms with Gasteiger partial charge in [-0.15, -0.1) is 18.3 Å². The minimum absolute atomic E-state index is 0.0995. The van der Waals surface area contributed by atoms with Gasteiger partial charge >= 0.3 is 12.4 Å². The van der Waals surface area contributed by atoms with Crippen molar-refractivity contribution in [3.63, 3.8) is 0 Å². The maximum Gasteiger partial charge on any atom is 0.573 e. The van der Waals surface area contributed by atoms with Crippen LogP contribution in [0.15, 0.2) is 83.0 Å². The van der Waals surface area contributed by atoms with E-state index < -0.39 is 12.4 Å². The van der Waals surface area contributed by atoms with Crippen LogP contribution in [0.4, 0.5) is 28.0 Å². The molecule has 4 aromatic rings. The Morgan fingerprint density at radius 1 is 1.05 bits per heavy atom. The Bertz CT molecular complexity index is 1680. The first-order chi connectivity index (χ1) is 21.0. The highest BCUT2D eigenvalue weighted by atomic mass is 32.2. The van der Waals surface area contributed by atoms with Crippen molar-refractivity contribution in [2.24, 2.45) is 9.98 Å². The lowest BCUT2D eigenvalue weighted by molar-refractivity contribution is -0.274. The summed E-state index contributed by atoms with van der Waals surface area (Å²) in [6, 6.07) is 16.8. The van der Waals surface area contributed by atoms with E-state index in [9.17, 15) is 22.4 Å². The summed E-state index contributed by atoms with van der Waals surface area (Å²) in [5.74, 6) is 0.469. The fraction of sp³-hybridized carbons (Fsp3) is 0.258. The SMILES string of the molecule is CC(C)c1cc(F)ccc1N1CCSC1=NC(=O)N=CC(C)c1ccc(-c2ncn(-c3ccc(OC(F)(F)F)cc3)n2)cc1. The van der Waals surface area contributed by atoms with Crippen LogP contribution in [0.1, 0.15) is 43.7 Å². The average molecular weight is 625 g/mol. The fourth-order valence-corrected chi connectivity index (χ4v) is 5.52. The van der Waals surface area contributed by atoms with E-state index in [0.29, 0.717) is 23.2 Å². The Kier molecular flexibility index (Phi) is 9.14. The number of benzene rings is 3. The van der Waals surface area contributed by atoms with Crippen LogP contribution in [0.25, 0.3) is 17.1 Å². The molecule has 1 aliphatic rings. The summed E-state index contributed by atoms with van der Waals surface area (Å²) in [5, 5.41) is 4.95. The number of aliphatic imine (C=N–C) groups is 2. The van der Waals surface area contributed by atoms with E-state index in [0.717, 1.165) is 28.1 Å². The lowest BCUT2D eigenvalue weighted by atomic mass is 10.0. The molecule has 1 aromatic heterocycles. The molecule has 1 aliphatic heterocycles.